The quantitative estimate of drug-likeness (QED) is 0.710. The van der Waals surface area contributed by atoms with E-state index in [0.717, 1.165) is 41.8 Å². The van der Waals surface area contributed by atoms with Gasteiger partial charge >= 0.3 is 0 Å². The number of hydrogen-bond donors (Lipinski definition) is 2. The molecule has 0 saturated heterocycles. The monoisotopic (exact) mass is 386 g/mol. The Morgan fingerprint density at radius 1 is 1.07 bits per heavy atom. The van der Waals surface area contributed by atoms with Crippen molar-refractivity contribution >= 4 is 23.2 Å². The summed E-state index contributed by atoms with van der Waals surface area (Å²) in [5.74, 6) is 1.18. The maximum absolute atomic E-state index is 11.5. The topological polar surface area (TPSA) is 76.1 Å². The summed E-state index contributed by atoms with van der Waals surface area (Å²) < 4.78 is 6.23. The highest BCUT2D eigenvalue weighted by Gasteiger charge is 2.23. The molecule has 2 aliphatic rings. The van der Waals surface area contributed by atoms with E-state index in [2.05, 4.69) is 44.9 Å². The highest BCUT2D eigenvalue weighted by molar-refractivity contribution is 5.94. The molecule has 5 rings (SSSR count). The maximum atomic E-state index is 11.5. The van der Waals surface area contributed by atoms with Crippen molar-refractivity contribution in [2.45, 2.75) is 38.7 Å². The van der Waals surface area contributed by atoms with Gasteiger partial charge in [0.1, 0.15) is 6.10 Å². The number of benzene rings is 2. The van der Waals surface area contributed by atoms with E-state index in [1.807, 2.05) is 25.1 Å². The number of ether oxygens (including phenoxy) is 1. The average Bonchev–Trinajstić information content (AvgIpc) is 3.13. The van der Waals surface area contributed by atoms with Crippen LogP contribution >= 0.6 is 0 Å². The normalized spacial score (nSPS) is 15.4. The Hall–Kier alpha value is -3.41. The molecule has 29 heavy (non-hydrogen) atoms. The third-order valence-electron chi connectivity index (χ3n) is 5.47. The number of carbonyl (C=O) groups excluding carboxylic acids is 1. The van der Waals surface area contributed by atoms with Crippen molar-refractivity contribution in [3.63, 3.8) is 0 Å². The predicted molar refractivity (Wildman–Crippen MR) is 112 cm³/mol. The van der Waals surface area contributed by atoms with Crippen LogP contribution in [0.5, 0.6) is 5.88 Å². The molecule has 0 spiro atoms. The summed E-state index contributed by atoms with van der Waals surface area (Å²) in [6.07, 6.45) is 4.94. The van der Waals surface area contributed by atoms with Gasteiger partial charge < -0.3 is 15.4 Å². The number of amides is 1. The minimum absolute atomic E-state index is 0.0657. The maximum Gasteiger partial charge on any atom is 0.230 e. The van der Waals surface area contributed by atoms with Gasteiger partial charge in [0.25, 0.3) is 0 Å². The van der Waals surface area contributed by atoms with Crippen molar-refractivity contribution in [1.82, 2.24) is 9.97 Å². The summed E-state index contributed by atoms with van der Waals surface area (Å²) in [5.41, 5.74) is 6.50. The van der Waals surface area contributed by atoms with Gasteiger partial charge in [-0.25, -0.2) is 4.98 Å². The van der Waals surface area contributed by atoms with Crippen LogP contribution in [0, 0.1) is 6.92 Å². The zero-order valence-corrected chi connectivity index (χ0v) is 16.2. The fourth-order valence-electron chi connectivity index (χ4n) is 3.96. The summed E-state index contributed by atoms with van der Waals surface area (Å²) in [5, 5.41) is 6.16. The molecule has 0 fully saturated rings. The van der Waals surface area contributed by atoms with E-state index in [-0.39, 0.29) is 12.0 Å². The lowest BCUT2D eigenvalue weighted by atomic mass is 10.0. The molecule has 2 heterocycles. The first-order chi connectivity index (χ1) is 14.1. The number of hydrogen-bond acceptors (Lipinski definition) is 5. The van der Waals surface area contributed by atoms with E-state index in [1.165, 1.54) is 11.1 Å². The third kappa shape index (κ3) is 3.66. The van der Waals surface area contributed by atoms with Crippen LogP contribution in [0.3, 0.4) is 0 Å². The number of aryl methyl sites for hydroxylation is 2. The number of rotatable bonds is 4. The molecule has 0 unspecified atom stereocenters. The molecular formula is C23H22N4O2. The molecule has 1 aliphatic heterocycles. The molecule has 0 radical (unpaired) electrons. The standard InChI is InChI=1S/C23H22N4O2/c1-14-13-24-23(25-18-7-8-20-17(10-18)6-9-21(28)26-20)27-22(14)29-19-11-15-4-2-3-5-16(15)12-19/h2-5,7-8,10,13,19H,6,9,11-12H2,1H3,(H,26,28)(H,24,25,27). The fourth-order valence-corrected chi connectivity index (χ4v) is 3.96. The van der Waals surface area contributed by atoms with Crippen LogP contribution in [0.4, 0.5) is 17.3 Å². The molecule has 1 amide bonds. The second-order valence-corrected chi connectivity index (χ2v) is 7.64. The number of carbonyl (C=O) groups is 1. The number of nitrogens with zero attached hydrogens (tertiary/aromatic N) is 2. The minimum Gasteiger partial charge on any atom is -0.473 e. The van der Waals surface area contributed by atoms with Gasteiger partial charge in [-0.1, -0.05) is 24.3 Å². The van der Waals surface area contributed by atoms with E-state index in [9.17, 15) is 4.79 Å². The minimum atomic E-state index is 0.0657. The summed E-state index contributed by atoms with van der Waals surface area (Å²) in [6.45, 7) is 1.96. The van der Waals surface area contributed by atoms with Crippen LogP contribution in [-0.4, -0.2) is 22.0 Å². The van der Waals surface area contributed by atoms with Crippen molar-refractivity contribution < 1.29 is 9.53 Å². The van der Waals surface area contributed by atoms with Crippen LogP contribution in [-0.2, 0) is 24.1 Å². The number of anilines is 3. The van der Waals surface area contributed by atoms with Gasteiger partial charge in [0, 0.05) is 42.4 Å². The van der Waals surface area contributed by atoms with Gasteiger partial charge in [0.05, 0.1) is 0 Å². The molecule has 0 saturated carbocycles. The van der Waals surface area contributed by atoms with Gasteiger partial charge in [-0.15, -0.1) is 0 Å². The molecular weight excluding hydrogens is 364 g/mol. The van der Waals surface area contributed by atoms with E-state index < -0.39 is 0 Å². The van der Waals surface area contributed by atoms with Gasteiger partial charge in [-0.3, -0.25) is 4.79 Å². The Kier molecular flexibility index (Phi) is 4.39. The van der Waals surface area contributed by atoms with Crippen LogP contribution in [0.15, 0.2) is 48.7 Å². The Balaban J connectivity index is 1.32. The molecule has 2 N–H and O–H groups in total. The summed E-state index contributed by atoms with van der Waals surface area (Å²) in [7, 11) is 0. The molecule has 1 aliphatic carbocycles. The average molecular weight is 386 g/mol. The Morgan fingerprint density at radius 2 is 1.86 bits per heavy atom. The smallest absolute Gasteiger partial charge is 0.230 e. The Morgan fingerprint density at radius 3 is 2.66 bits per heavy atom. The van der Waals surface area contributed by atoms with Crippen molar-refractivity contribution in [1.29, 1.82) is 0 Å². The zero-order chi connectivity index (χ0) is 19.8. The van der Waals surface area contributed by atoms with Gasteiger partial charge in [-0.2, -0.15) is 4.98 Å². The second-order valence-electron chi connectivity index (χ2n) is 7.64. The van der Waals surface area contributed by atoms with Gasteiger partial charge in [0.15, 0.2) is 0 Å². The highest BCUT2D eigenvalue weighted by Crippen LogP contribution is 2.29. The SMILES string of the molecule is Cc1cnc(Nc2ccc3c(c2)CCC(=O)N3)nc1OC1Cc2ccccc2C1. The van der Waals surface area contributed by atoms with Crippen LogP contribution in [0.25, 0.3) is 0 Å². The third-order valence-corrected chi connectivity index (χ3v) is 5.47. The van der Waals surface area contributed by atoms with Gasteiger partial charge in [0.2, 0.25) is 17.7 Å². The lowest BCUT2D eigenvalue weighted by Gasteiger charge is -2.18. The van der Waals surface area contributed by atoms with Crippen molar-refractivity contribution in [2.75, 3.05) is 10.6 Å². The van der Waals surface area contributed by atoms with E-state index in [1.54, 1.807) is 6.20 Å². The Bertz CT molecular complexity index is 1070. The summed E-state index contributed by atoms with van der Waals surface area (Å²) in [6, 6.07) is 14.3. The fraction of sp³-hybridized carbons (Fsp3) is 0.261. The molecule has 3 aromatic rings. The summed E-state index contributed by atoms with van der Waals surface area (Å²) in [4.78, 5) is 20.5. The first-order valence-electron chi connectivity index (χ1n) is 9.91. The van der Waals surface area contributed by atoms with Crippen molar-refractivity contribution in [3.8, 4) is 5.88 Å². The van der Waals surface area contributed by atoms with E-state index in [0.29, 0.717) is 18.2 Å². The second kappa shape index (κ2) is 7.20. The van der Waals surface area contributed by atoms with Crippen molar-refractivity contribution in [3.05, 3.63) is 70.9 Å². The highest BCUT2D eigenvalue weighted by atomic mass is 16.5. The first kappa shape index (κ1) is 17.7. The predicted octanol–water partition coefficient (Wildman–Crippen LogP) is 3.96. The van der Waals surface area contributed by atoms with Crippen LogP contribution in [0.1, 0.15) is 28.7 Å². The molecule has 2 aromatic carbocycles. The molecule has 6 heteroatoms. The number of fused-ring (bicyclic) bond motifs is 2. The largest absolute Gasteiger partial charge is 0.473 e. The Labute approximate surface area is 169 Å². The van der Waals surface area contributed by atoms with Gasteiger partial charge in [-0.05, 0) is 48.2 Å². The van der Waals surface area contributed by atoms with E-state index in [4.69, 9.17) is 4.74 Å². The molecule has 146 valence electrons. The molecule has 0 atom stereocenters. The molecule has 1 aromatic heterocycles. The summed E-state index contributed by atoms with van der Waals surface area (Å²) >= 11 is 0. The molecule has 6 nitrogen and oxygen atoms in total. The lowest BCUT2D eigenvalue weighted by molar-refractivity contribution is -0.116. The van der Waals surface area contributed by atoms with E-state index >= 15 is 0 Å². The number of aromatic nitrogens is 2. The molecule has 0 bridgehead atoms. The van der Waals surface area contributed by atoms with Crippen LogP contribution in [0.2, 0.25) is 0 Å². The zero-order valence-electron chi connectivity index (χ0n) is 16.2. The lowest BCUT2D eigenvalue weighted by Crippen LogP contribution is -2.19. The first-order valence-corrected chi connectivity index (χ1v) is 9.91. The number of nitrogens with one attached hydrogen (secondary N) is 2. The van der Waals surface area contributed by atoms with Crippen molar-refractivity contribution in [2.24, 2.45) is 0 Å². The van der Waals surface area contributed by atoms with Crippen LogP contribution < -0.4 is 15.4 Å².